The number of hydrogen-bond donors (Lipinski definition) is 0. The first-order chi connectivity index (χ1) is 11.0. The average molecular weight is 335 g/mol. The third kappa shape index (κ3) is 3.09. The fourth-order valence-electron chi connectivity index (χ4n) is 2.95. The lowest BCUT2D eigenvalue weighted by atomic mass is 10.1. The maximum absolute atomic E-state index is 13.1. The molecule has 0 bridgehead atoms. The Bertz CT molecular complexity index is 790. The summed E-state index contributed by atoms with van der Waals surface area (Å²) in [7, 11) is -2.06. The molecule has 0 saturated carbocycles. The first kappa shape index (κ1) is 16.0. The first-order valence-electron chi connectivity index (χ1n) is 7.44. The van der Waals surface area contributed by atoms with Crippen LogP contribution in [0.1, 0.15) is 24.4 Å². The molecule has 1 aliphatic heterocycles. The highest BCUT2D eigenvalue weighted by Gasteiger charge is 2.36. The van der Waals surface area contributed by atoms with Crippen LogP contribution in [0.5, 0.6) is 5.75 Å². The van der Waals surface area contributed by atoms with Crippen molar-refractivity contribution in [3.05, 3.63) is 59.9 Å². The van der Waals surface area contributed by atoms with E-state index in [2.05, 4.69) is 0 Å². The topological polar surface area (TPSA) is 46.6 Å². The van der Waals surface area contributed by atoms with Gasteiger partial charge in [0.15, 0.2) is 0 Å². The molecular weight excluding hydrogens is 317 g/mol. The number of ether oxygens (including phenoxy) is 1. The SMILES string of the molecule is COc1cccc([C@H]2CCCN2S(=O)(=O)c2ccc(F)cc2)c1. The van der Waals surface area contributed by atoms with E-state index in [-0.39, 0.29) is 10.9 Å². The number of nitrogens with zero attached hydrogens (tertiary/aromatic N) is 1. The van der Waals surface area contributed by atoms with Crippen molar-refractivity contribution in [3.8, 4) is 5.75 Å². The average Bonchev–Trinajstić information content (AvgIpc) is 3.06. The van der Waals surface area contributed by atoms with Gasteiger partial charge in [-0.1, -0.05) is 12.1 Å². The Labute approximate surface area is 135 Å². The lowest BCUT2D eigenvalue weighted by molar-refractivity contribution is 0.390. The smallest absolute Gasteiger partial charge is 0.243 e. The van der Waals surface area contributed by atoms with E-state index in [1.54, 1.807) is 7.11 Å². The summed E-state index contributed by atoms with van der Waals surface area (Å²) >= 11 is 0. The minimum atomic E-state index is -3.65. The van der Waals surface area contributed by atoms with Crippen molar-refractivity contribution >= 4 is 10.0 Å². The van der Waals surface area contributed by atoms with Crippen molar-refractivity contribution in [1.29, 1.82) is 0 Å². The summed E-state index contributed by atoms with van der Waals surface area (Å²) in [6, 6.07) is 12.2. The van der Waals surface area contributed by atoms with Crippen LogP contribution in [-0.2, 0) is 10.0 Å². The van der Waals surface area contributed by atoms with Gasteiger partial charge in [0.1, 0.15) is 11.6 Å². The van der Waals surface area contributed by atoms with Crippen LogP contribution in [0.4, 0.5) is 4.39 Å². The number of sulfonamides is 1. The van der Waals surface area contributed by atoms with Gasteiger partial charge >= 0.3 is 0 Å². The molecule has 2 aromatic rings. The van der Waals surface area contributed by atoms with E-state index in [9.17, 15) is 12.8 Å². The minimum Gasteiger partial charge on any atom is -0.497 e. The van der Waals surface area contributed by atoms with Crippen LogP contribution in [-0.4, -0.2) is 26.4 Å². The lowest BCUT2D eigenvalue weighted by Gasteiger charge is -2.24. The Kier molecular flexibility index (Phi) is 4.37. The zero-order valence-electron chi connectivity index (χ0n) is 12.8. The molecule has 1 aliphatic rings. The van der Waals surface area contributed by atoms with E-state index in [1.165, 1.54) is 28.6 Å². The van der Waals surface area contributed by atoms with Gasteiger partial charge in [-0.3, -0.25) is 0 Å². The van der Waals surface area contributed by atoms with Crippen molar-refractivity contribution < 1.29 is 17.5 Å². The van der Waals surface area contributed by atoms with E-state index < -0.39 is 15.8 Å². The van der Waals surface area contributed by atoms with Crippen LogP contribution >= 0.6 is 0 Å². The second kappa shape index (κ2) is 6.29. The van der Waals surface area contributed by atoms with Gasteiger partial charge in [-0.15, -0.1) is 0 Å². The number of hydrogen-bond acceptors (Lipinski definition) is 3. The van der Waals surface area contributed by atoms with E-state index >= 15 is 0 Å². The van der Waals surface area contributed by atoms with Gasteiger partial charge in [0.2, 0.25) is 10.0 Å². The Morgan fingerprint density at radius 2 is 1.91 bits per heavy atom. The van der Waals surface area contributed by atoms with Gasteiger partial charge in [0, 0.05) is 6.54 Å². The van der Waals surface area contributed by atoms with Crippen LogP contribution in [0.25, 0.3) is 0 Å². The highest BCUT2D eigenvalue weighted by Crippen LogP contribution is 2.37. The highest BCUT2D eigenvalue weighted by atomic mass is 32.2. The van der Waals surface area contributed by atoms with Crippen molar-refractivity contribution in [2.24, 2.45) is 0 Å². The molecule has 6 heteroatoms. The maximum atomic E-state index is 13.1. The molecule has 0 aliphatic carbocycles. The van der Waals surface area contributed by atoms with Gasteiger partial charge < -0.3 is 4.74 Å². The van der Waals surface area contributed by atoms with Gasteiger partial charge in [0.05, 0.1) is 18.0 Å². The summed E-state index contributed by atoms with van der Waals surface area (Å²) < 4.78 is 45.5. The fraction of sp³-hybridized carbons (Fsp3) is 0.294. The maximum Gasteiger partial charge on any atom is 0.243 e. The molecule has 0 amide bonds. The minimum absolute atomic E-state index is 0.119. The van der Waals surface area contributed by atoms with Crippen molar-refractivity contribution in [3.63, 3.8) is 0 Å². The van der Waals surface area contributed by atoms with E-state index in [4.69, 9.17) is 4.74 Å². The summed E-state index contributed by atoms with van der Waals surface area (Å²) in [5.74, 6) is 0.253. The van der Waals surface area contributed by atoms with Crippen molar-refractivity contribution in [1.82, 2.24) is 4.31 Å². The van der Waals surface area contributed by atoms with Gasteiger partial charge in [-0.2, -0.15) is 4.31 Å². The normalized spacial score (nSPS) is 19.0. The third-order valence-electron chi connectivity index (χ3n) is 4.10. The molecule has 1 fully saturated rings. The Balaban J connectivity index is 1.96. The van der Waals surface area contributed by atoms with Gasteiger partial charge in [-0.05, 0) is 54.8 Å². The predicted molar refractivity (Wildman–Crippen MR) is 85.3 cm³/mol. The molecule has 0 unspecified atom stereocenters. The zero-order valence-corrected chi connectivity index (χ0v) is 13.6. The molecule has 4 nitrogen and oxygen atoms in total. The largest absolute Gasteiger partial charge is 0.497 e. The molecule has 1 saturated heterocycles. The van der Waals surface area contributed by atoms with E-state index in [0.717, 1.165) is 18.4 Å². The molecule has 0 aromatic heterocycles. The van der Waals surface area contributed by atoms with Crippen molar-refractivity contribution in [2.75, 3.05) is 13.7 Å². The van der Waals surface area contributed by atoms with Gasteiger partial charge in [-0.25, -0.2) is 12.8 Å². The summed E-state index contributed by atoms with van der Waals surface area (Å²) in [4.78, 5) is 0.119. The summed E-state index contributed by atoms with van der Waals surface area (Å²) in [6.45, 7) is 0.460. The quantitative estimate of drug-likeness (QED) is 0.861. The number of methoxy groups -OCH3 is 1. The lowest BCUT2D eigenvalue weighted by Crippen LogP contribution is -2.30. The summed E-state index contributed by atoms with van der Waals surface area (Å²) in [5.41, 5.74) is 0.910. The molecule has 2 aromatic carbocycles. The van der Waals surface area contributed by atoms with E-state index in [0.29, 0.717) is 12.3 Å². The van der Waals surface area contributed by atoms with Crippen LogP contribution in [0.15, 0.2) is 53.4 Å². The van der Waals surface area contributed by atoms with Crippen LogP contribution in [0, 0.1) is 5.82 Å². The predicted octanol–water partition coefficient (Wildman–Crippen LogP) is 3.36. The Morgan fingerprint density at radius 3 is 2.61 bits per heavy atom. The van der Waals surface area contributed by atoms with Gasteiger partial charge in [0.25, 0.3) is 0 Å². The summed E-state index contributed by atoms with van der Waals surface area (Å²) in [5, 5.41) is 0. The fourth-order valence-corrected chi connectivity index (χ4v) is 4.63. The van der Waals surface area contributed by atoms with Crippen LogP contribution in [0.3, 0.4) is 0 Å². The molecule has 0 N–H and O–H groups in total. The molecule has 3 rings (SSSR count). The molecule has 1 atom stereocenters. The highest BCUT2D eigenvalue weighted by molar-refractivity contribution is 7.89. The Hall–Kier alpha value is -1.92. The molecule has 122 valence electrons. The van der Waals surface area contributed by atoms with Crippen LogP contribution < -0.4 is 4.74 Å². The zero-order chi connectivity index (χ0) is 16.4. The molecule has 0 radical (unpaired) electrons. The van der Waals surface area contributed by atoms with E-state index in [1.807, 2.05) is 24.3 Å². The second-order valence-corrected chi connectivity index (χ2v) is 7.39. The van der Waals surface area contributed by atoms with Crippen molar-refractivity contribution in [2.45, 2.75) is 23.8 Å². The summed E-state index contributed by atoms with van der Waals surface area (Å²) in [6.07, 6.45) is 1.55. The second-order valence-electron chi connectivity index (χ2n) is 5.50. The molecule has 0 spiro atoms. The van der Waals surface area contributed by atoms with Crippen LogP contribution in [0.2, 0.25) is 0 Å². The number of benzene rings is 2. The third-order valence-corrected chi connectivity index (χ3v) is 6.02. The number of rotatable bonds is 4. The monoisotopic (exact) mass is 335 g/mol. The number of halogens is 1. The first-order valence-corrected chi connectivity index (χ1v) is 8.88. The molecule has 1 heterocycles. The Morgan fingerprint density at radius 1 is 1.17 bits per heavy atom. The standard InChI is InChI=1S/C17H18FNO3S/c1-22-15-5-2-4-13(12-15)17-6-3-11-19(17)23(20,21)16-9-7-14(18)8-10-16/h2,4-5,7-10,12,17H,3,6,11H2,1H3/t17-/m1/s1. The molecule has 23 heavy (non-hydrogen) atoms. The molecular formula is C17H18FNO3S.